The van der Waals surface area contributed by atoms with Crippen LogP contribution in [0, 0.1) is 5.92 Å². The largest absolute Gasteiger partial charge is 0.409 e. The molecule has 0 aliphatic carbocycles. The van der Waals surface area contributed by atoms with Crippen molar-refractivity contribution < 1.29 is 5.21 Å². The summed E-state index contributed by atoms with van der Waals surface area (Å²) in [5.74, 6) is 0.827. The SMILES string of the molecule is CC(C)CN(CC/C(N)=N/O)Cc1cncc(Br)c1. The highest BCUT2D eigenvalue weighted by molar-refractivity contribution is 9.10. The Morgan fingerprint density at radius 3 is 2.84 bits per heavy atom. The van der Waals surface area contributed by atoms with Crippen LogP contribution in [0.25, 0.3) is 0 Å². The van der Waals surface area contributed by atoms with Gasteiger partial charge in [-0.15, -0.1) is 0 Å². The summed E-state index contributed by atoms with van der Waals surface area (Å²) in [6.07, 6.45) is 4.19. The Kier molecular flexibility index (Phi) is 6.80. The Balaban J connectivity index is 2.63. The van der Waals surface area contributed by atoms with Crippen molar-refractivity contribution >= 4 is 21.8 Å². The first-order valence-corrected chi connectivity index (χ1v) is 7.08. The zero-order valence-corrected chi connectivity index (χ0v) is 13.0. The molecule has 0 aromatic carbocycles. The number of hydrogen-bond acceptors (Lipinski definition) is 4. The molecule has 6 heteroatoms. The lowest BCUT2D eigenvalue weighted by Gasteiger charge is -2.24. The van der Waals surface area contributed by atoms with Crippen molar-refractivity contribution in [2.45, 2.75) is 26.8 Å². The number of amidine groups is 1. The van der Waals surface area contributed by atoms with E-state index in [1.165, 1.54) is 0 Å². The lowest BCUT2D eigenvalue weighted by atomic mass is 10.1. The predicted octanol–water partition coefficient (Wildman–Crippen LogP) is 2.44. The van der Waals surface area contributed by atoms with Gasteiger partial charge < -0.3 is 10.9 Å². The lowest BCUT2D eigenvalue weighted by molar-refractivity contribution is 0.240. The second-order valence-electron chi connectivity index (χ2n) is 4.98. The Labute approximate surface area is 122 Å². The number of hydrogen-bond donors (Lipinski definition) is 2. The first-order chi connectivity index (χ1) is 9.01. The van der Waals surface area contributed by atoms with Crippen LogP contribution in [0.4, 0.5) is 0 Å². The molecule has 0 bridgehead atoms. The van der Waals surface area contributed by atoms with Gasteiger partial charge in [0.2, 0.25) is 0 Å². The highest BCUT2D eigenvalue weighted by Gasteiger charge is 2.09. The van der Waals surface area contributed by atoms with Crippen molar-refractivity contribution in [1.82, 2.24) is 9.88 Å². The van der Waals surface area contributed by atoms with Gasteiger partial charge in [-0.05, 0) is 33.5 Å². The van der Waals surface area contributed by atoms with Crippen molar-refractivity contribution in [2.24, 2.45) is 16.8 Å². The van der Waals surface area contributed by atoms with Gasteiger partial charge in [-0.2, -0.15) is 0 Å². The van der Waals surface area contributed by atoms with Crippen LogP contribution in [0.5, 0.6) is 0 Å². The number of rotatable bonds is 7. The van der Waals surface area contributed by atoms with E-state index >= 15 is 0 Å². The van der Waals surface area contributed by atoms with Crippen molar-refractivity contribution in [3.05, 3.63) is 28.5 Å². The van der Waals surface area contributed by atoms with Crippen LogP contribution in [0.2, 0.25) is 0 Å². The Hall–Kier alpha value is -1.14. The molecule has 0 radical (unpaired) electrons. The van der Waals surface area contributed by atoms with E-state index in [0.29, 0.717) is 12.3 Å². The third-order valence-corrected chi connectivity index (χ3v) is 3.04. The fourth-order valence-corrected chi connectivity index (χ4v) is 2.29. The number of halogens is 1. The number of oxime groups is 1. The normalized spacial score (nSPS) is 12.4. The van der Waals surface area contributed by atoms with Crippen LogP contribution in [-0.4, -0.2) is 34.0 Å². The van der Waals surface area contributed by atoms with E-state index < -0.39 is 0 Å². The third-order valence-electron chi connectivity index (χ3n) is 2.60. The molecule has 106 valence electrons. The third kappa shape index (κ3) is 6.54. The summed E-state index contributed by atoms with van der Waals surface area (Å²) in [6, 6.07) is 2.06. The van der Waals surface area contributed by atoms with Gasteiger partial charge in [0.1, 0.15) is 5.84 Å². The van der Waals surface area contributed by atoms with Crippen molar-refractivity contribution in [1.29, 1.82) is 0 Å². The van der Waals surface area contributed by atoms with Gasteiger partial charge in [0.05, 0.1) is 0 Å². The molecular weight excluding hydrogens is 308 g/mol. The van der Waals surface area contributed by atoms with Gasteiger partial charge in [0.25, 0.3) is 0 Å². The Bertz CT molecular complexity index is 423. The van der Waals surface area contributed by atoms with Crippen molar-refractivity contribution in [3.8, 4) is 0 Å². The molecule has 0 aliphatic rings. The molecule has 5 nitrogen and oxygen atoms in total. The zero-order chi connectivity index (χ0) is 14.3. The lowest BCUT2D eigenvalue weighted by Crippen LogP contribution is -2.31. The van der Waals surface area contributed by atoms with Gasteiger partial charge >= 0.3 is 0 Å². The molecule has 1 aromatic heterocycles. The molecule has 0 saturated heterocycles. The van der Waals surface area contributed by atoms with E-state index in [1.807, 2.05) is 6.20 Å². The first-order valence-electron chi connectivity index (χ1n) is 6.29. The molecule has 19 heavy (non-hydrogen) atoms. The first kappa shape index (κ1) is 15.9. The van der Waals surface area contributed by atoms with E-state index in [-0.39, 0.29) is 5.84 Å². The molecule has 0 atom stereocenters. The smallest absolute Gasteiger partial charge is 0.140 e. The minimum Gasteiger partial charge on any atom is -0.409 e. The molecule has 0 aliphatic heterocycles. The van der Waals surface area contributed by atoms with Crippen LogP contribution >= 0.6 is 15.9 Å². The van der Waals surface area contributed by atoms with Crippen LogP contribution in [0.15, 0.2) is 28.1 Å². The Morgan fingerprint density at radius 2 is 2.26 bits per heavy atom. The van der Waals surface area contributed by atoms with E-state index in [0.717, 1.165) is 29.7 Å². The molecule has 0 amide bonds. The van der Waals surface area contributed by atoms with Gasteiger partial charge in [-0.1, -0.05) is 19.0 Å². The minimum absolute atomic E-state index is 0.265. The van der Waals surface area contributed by atoms with Gasteiger partial charge in [0, 0.05) is 42.9 Å². The van der Waals surface area contributed by atoms with Gasteiger partial charge in [-0.3, -0.25) is 9.88 Å². The van der Waals surface area contributed by atoms with Gasteiger partial charge in [-0.25, -0.2) is 0 Å². The quantitative estimate of drug-likeness (QED) is 0.349. The number of nitrogens with zero attached hydrogens (tertiary/aromatic N) is 3. The summed E-state index contributed by atoms with van der Waals surface area (Å²) in [5, 5.41) is 11.6. The van der Waals surface area contributed by atoms with Crippen LogP contribution in [0.3, 0.4) is 0 Å². The summed E-state index contributed by atoms with van der Waals surface area (Å²) in [4.78, 5) is 6.45. The molecule has 0 spiro atoms. The van der Waals surface area contributed by atoms with Crippen LogP contribution < -0.4 is 5.73 Å². The minimum atomic E-state index is 0.265. The molecule has 0 saturated carbocycles. The molecule has 3 N–H and O–H groups in total. The average molecular weight is 329 g/mol. The number of pyridine rings is 1. The maximum absolute atomic E-state index is 8.58. The number of nitrogens with two attached hydrogens (primary N) is 1. The maximum atomic E-state index is 8.58. The summed E-state index contributed by atoms with van der Waals surface area (Å²) in [5.41, 5.74) is 6.67. The molecule has 1 heterocycles. The fourth-order valence-electron chi connectivity index (χ4n) is 1.87. The molecule has 1 aromatic rings. The second-order valence-corrected chi connectivity index (χ2v) is 5.90. The number of aromatic nitrogens is 1. The van der Waals surface area contributed by atoms with Crippen molar-refractivity contribution in [3.63, 3.8) is 0 Å². The summed E-state index contributed by atoms with van der Waals surface area (Å²) < 4.78 is 0.978. The average Bonchev–Trinajstić information content (AvgIpc) is 2.35. The summed E-state index contributed by atoms with van der Waals surface area (Å²) in [7, 11) is 0. The standard InChI is InChI=1S/C13H21BrN4O/c1-10(2)8-18(4-3-13(15)17-19)9-11-5-12(14)7-16-6-11/h5-7,10,19H,3-4,8-9H2,1-2H3,(H2,15,17). The van der Waals surface area contributed by atoms with E-state index in [4.69, 9.17) is 10.9 Å². The molecule has 0 unspecified atom stereocenters. The van der Waals surface area contributed by atoms with E-state index in [1.54, 1.807) is 6.20 Å². The maximum Gasteiger partial charge on any atom is 0.140 e. The fraction of sp³-hybridized carbons (Fsp3) is 0.538. The second kappa shape index (κ2) is 8.12. The highest BCUT2D eigenvalue weighted by atomic mass is 79.9. The van der Waals surface area contributed by atoms with Crippen LogP contribution in [0.1, 0.15) is 25.8 Å². The highest BCUT2D eigenvalue weighted by Crippen LogP contribution is 2.13. The summed E-state index contributed by atoms with van der Waals surface area (Å²) >= 11 is 3.42. The van der Waals surface area contributed by atoms with E-state index in [9.17, 15) is 0 Å². The van der Waals surface area contributed by atoms with Crippen molar-refractivity contribution in [2.75, 3.05) is 13.1 Å². The topological polar surface area (TPSA) is 74.7 Å². The van der Waals surface area contributed by atoms with E-state index in [2.05, 4.69) is 50.9 Å². The zero-order valence-electron chi connectivity index (χ0n) is 11.4. The Morgan fingerprint density at radius 1 is 1.53 bits per heavy atom. The summed E-state index contributed by atoms with van der Waals surface area (Å²) in [6.45, 7) is 6.89. The molecule has 0 fully saturated rings. The molecule has 1 rings (SSSR count). The molecular formula is C13H21BrN4O. The van der Waals surface area contributed by atoms with Crippen LogP contribution in [-0.2, 0) is 6.54 Å². The predicted molar refractivity (Wildman–Crippen MR) is 80.1 cm³/mol. The monoisotopic (exact) mass is 328 g/mol. The van der Waals surface area contributed by atoms with Gasteiger partial charge in [0.15, 0.2) is 0 Å².